The summed E-state index contributed by atoms with van der Waals surface area (Å²) in [6.07, 6.45) is 6.28. The molecule has 2 atom stereocenters. The zero-order chi connectivity index (χ0) is 20.3. The summed E-state index contributed by atoms with van der Waals surface area (Å²) in [5, 5.41) is 24.3. The SMILES string of the molecule is CCCC(C)(C)CC(C=N)C(=O)O.CCCC(C)(C)C[C@@H](N)C(=O)O. The fraction of sp³-hybridized carbons (Fsp3) is 0.842. The number of nitrogens with two attached hydrogens (primary N) is 1. The summed E-state index contributed by atoms with van der Waals surface area (Å²) in [4.78, 5) is 21.1. The van der Waals surface area contributed by atoms with Crippen molar-refractivity contribution in [1.29, 1.82) is 5.41 Å². The van der Waals surface area contributed by atoms with Crippen LogP contribution in [0.4, 0.5) is 0 Å². The van der Waals surface area contributed by atoms with Gasteiger partial charge in [-0.05, 0) is 36.5 Å². The highest BCUT2D eigenvalue weighted by Gasteiger charge is 2.25. The maximum Gasteiger partial charge on any atom is 0.320 e. The first-order valence-electron chi connectivity index (χ1n) is 9.03. The first kappa shape index (κ1) is 25.8. The van der Waals surface area contributed by atoms with Crippen LogP contribution in [0.3, 0.4) is 0 Å². The Kier molecular flexibility index (Phi) is 12.4. The average Bonchev–Trinajstić information content (AvgIpc) is 2.44. The molecule has 0 aliphatic rings. The molecule has 25 heavy (non-hydrogen) atoms. The summed E-state index contributed by atoms with van der Waals surface area (Å²) >= 11 is 0. The first-order chi connectivity index (χ1) is 11.3. The maximum atomic E-state index is 10.7. The van der Waals surface area contributed by atoms with Crippen LogP contribution in [0.15, 0.2) is 0 Å². The molecule has 0 fully saturated rings. The van der Waals surface area contributed by atoms with Gasteiger partial charge in [-0.3, -0.25) is 9.59 Å². The van der Waals surface area contributed by atoms with Gasteiger partial charge < -0.3 is 21.4 Å². The minimum Gasteiger partial charge on any atom is -0.481 e. The van der Waals surface area contributed by atoms with Gasteiger partial charge in [0.15, 0.2) is 0 Å². The van der Waals surface area contributed by atoms with Crippen molar-refractivity contribution in [2.24, 2.45) is 22.5 Å². The van der Waals surface area contributed by atoms with Gasteiger partial charge in [-0.1, -0.05) is 54.4 Å². The topological polar surface area (TPSA) is 124 Å². The van der Waals surface area contributed by atoms with E-state index in [1.54, 1.807) is 0 Å². The molecule has 1 unspecified atom stereocenters. The summed E-state index contributed by atoms with van der Waals surface area (Å²) in [5.74, 6) is -2.42. The predicted molar refractivity (Wildman–Crippen MR) is 102 cm³/mol. The summed E-state index contributed by atoms with van der Waals surface area (Å²) < 4.78 is 0. The Labute approximate surface area is 152 Å². The van der Waals surface area contributed by atoms with Gasteiger partial charge in [0.1, 0.15) is 6.04 Å². The van der Waals surface area contributed by atoms with Gasteiger partial charge in [0.2, 0.25) is 0 Å². The monoisotopic (exact) mass is 358 g/mol. The molecule has 5 N–H and O–H groups in total. The van der Waals surface area contributed by atoms with Gasteiger partial charge in [0, 0.05) is 6.21 Å². The molecule has 0 aliphatic heterocycles. The standard InChI is InChI=1S/C10H19NO2.C9H19NO2/c1-4-5-10(2,3)6-8(7-11)9(12)13;1-4-5-9(2,3)6-7(10)8(11)12/h7-8,11H,4-6H2,1-3H3,(H,12,13);7H,4-6,10H2,1-3H3,(H,11,12)/t;7-/m.1/s1. The molecular formula is C19H38N2O4. The third kappa shape index (κ3) is 13.5. The van der Waals surface area contributed by atoms with Crippen molar-refractivity contribution in [3.63, 3.8) is 0 Å². The van der Waals surface area contributed by atoms with Gasteiger partial charge in [0.05, 0.1) is 5.92 Å². The molecule has 0 spiro atoms. The largest absolute Gasteiger partial charge is 0.481 e. The fourth-order valence-electron chi connectivity index (χ4n) is 3.05. The molecule has 0 amide bonds. The van der Waals surface area contributed by atoms with Crippen molar-refractivity contribution < 1.29 is 19.8 Å². The second-order valence-electron chi connectivity index (χ2n) is 8.29. The summed E-state index contributed by atoms with van der Waals surface area (Å²) in [6, 6.07) is -0.716. The highest BCUT2D eigenvalue weighted by molar-refractivity contribution is 5.87. The van der Waals surface area contributed by atoms with Crippen molar-refractivity contribution in [1.82, 2.24) is 0 Å². The lowest BCUT2D eigenvalue weighted by atomic mass is 9.79. The van der Waals surface area contributed by atoms with Crippen LogP contribution >= 0.6 is 0 Å². The van der Waals surface area contributed by atoms with Crippen molar-refractivity contribution in [2.75, 3.05) is 0 Å². The number of nitrogens with one attached hydrogen (secondary N) is 1. The Morgan fingerprint density at radius 2 is 1.36 bits per heavy atom. The zero-order valence-corrected chi connectivity index (χ0v) is 16.8. The van der Waals surface area contributed by atoms with E-state index in [-0.39, 0.29) is 10.8 Å². The second kappa shape index (κ2) is 12.0. The van der Waals surface area contributed by atoms with Crippen molar-refractivity contribution >= 4 is 18.2 Å². The number of carbonyl (C=O) groups is 2. The lowest BCUT2D eigenvalue weighted by Crippen LogP contribution is -2.35. The number of carboxylic acids is 2. The van der Waals surface area contributed by atoms with Gasteiger partial charge in [-0.2, -0.15) is 0 Å². The maximum absolute atomic E-state index is 10.7. The predicted octanol–water partition coefficient (Wildman–Crippen LogP) is 4.17. The van der Waals surface area contributed by atoms with E-state index >= 15 is 0 Å². The van der Waals surface area contributed by atoms with Gasteiger partial charge >= 0.3 is 11.9 Å². The minimum absolute atomic E-state index is 0.0232. The van der Waals surface area contributed by atoms with Crippen LogP contribution in [0.5, 0.6) is 0 Å². The summed E-state index contributed by atoms with van der Waals surface area (Å²) in [5.41, 5.74) is 5.50. The van der Waals surface area contributed by atoms with Crippen LogP contribution in [0, 0.1) is 22.2 Å². The molecule has 0 saturated heterocycles. The second-order valence-corrected chi connectivity index (χ2v) is 8.29. The van der Waals surface area contributed by atoms with E-state index in [1.165, 1.54) is 0 Å². The van der Waals surface area contributed by atoms with Crippen LogP contribution in [0.1, 0.15) is 80.1 Å². The highest BCUT2D eigenvalue weighted by atomic mass is 16.4. The third-order valence-electron chi connectivity index (χ3n) is 4.23. The number of hydrogen-bond donors (Lipinski definition) is 4. The molecule has 0 bridgehead atoms. The molecule has 0 aromatic heterocycles. The Morgan fingerprint density at radius 3 is 1.64 bits per heavy atom. The van der Waals surface area contributed by atoms with Gasteiger partial charge in [-0.15, -0.1) is 0 Å². The van der Waals surface area contributed by atoms with Crippen LogP contribution in [0.25, 0.3) is 0 Å². The Morgan fingerprint density at radius 1 is 0.960 bits per heavy atom. The fourth-order valence-corrected chi connectivity index (χ4v) is 3.05. The van der Waals surface area contributed by atoms with Crippen LogP contribution in [-0.2, 0) is 9.59 Å². The normalized spacial score (nSPS) is 14.0. The lowest BCUT2D eigenvalue weighted by Gasteiger charge is -2.25. The van der Waals surface area contributed by atoms with Crippen molar-refractivity contribution in [3.05, 3.63) is 0 Å². The molecule has 0 aliphatic carbocycles. The molecular weight excluding hydrogens is 320 g/mol. The molecule has 6 heteroatoms. The Bertz CT molecular complexity index is 420. The van der Waals surface area contributed by atoms with Gasteiger partial charge in [-0.25, -0.2) is 0 Å². The summed E-state index contributed by atoms with van der Waals surface area (Å²) in [7, 11) is 0. The van der Waals surface area contributed by atoms with Crippen molar-refractivity contribution in [3.8, 4) is 0 Å². The smallest absolute Gasteiger partial charge is 0.320 e. The van der Waals surface area contributed by atoms with E-state index in [2.05, 4.69) is 41.5 Å². The van der Waals surface area contributed by atoms with Crippen LogP contribution in [0.2, 0.25) is 0 Å². The Hall–Kier alpha value is -1.43. The summed E-state index contributed by atoms with van der Waals surface area (Å²) in [6.45, 7) is 12.4. The van der Waals surface area contributed by atoms with Gasteiger partial charge in [0.25, 0.3) is 0 Å². The van der Waals surface area contributed by atoms with Crippen LogP contribution < -0.4 is 5.73 Å². The molecule has 0 saturated carbocycles. The van der Waals surface area contributed by atoms with Crippen LogP contribution in [-0.4, -0.2) is 34.4 Å². The van der Waals surface area contributed by atoms with E-state index in [1.807, 2.05) is 0 Å². The number of carboxylic acid groups (broad SMARTS) is 2. The minimum atomic E-state index is -0.904. The molecule has 0 rings (SSSR count). The molecule has 0 heterocycles. The molecule has 6 nitrogen and oxygen atoms in total. The van der Waals surface area contributed by atoms with Crippen molar-refractivity contribution in [2.45, 2.75) is 86.1 Å². The molecule has 0 radical (unpaired) electrons. The molecule has 148 valence electrons. The molecule has 0 aromatic rings. The van der Waals surface area contributed by atoms with E-state index in [9.17, 15) is 9.59 Å². The van der Waals surface area contributed by atoms with E-state index in [0.717, 1.165) is 31.9 Å². The first-order valence-corrected chi connectivity index (χ1v) is 9.03. The number of aliphatic carboxylic acids is 2. The number of hydrogen-bond acceptors (Lipinski definition) is 4. The highest BCUT2D eigenvalue weighted by Crippen LogP contribution is 2.30. The van der Waals surface area contributed by atoms with E-state index < -0.39 is 23.9 Å². The quantitative estimate of drug-likeness (QED) is 0.413. The van der Waals surface area contributed by atoms with E-state index in [4.69, 9.17) is 21.4 Å². The molecule has 0 aromatic carbocycles. The Balaban J connectivity index is 0. The third-order valence-corrected chi connectivity index (χ3v) is 4.23. The number of rotatable bonds is 11. The lowest BCUT2D eigenvalue weighted by molar-refractivity contribution is -0.140. The average molecular weight is 359 g/mol. The zero-order valence-electron chi connectivity index (χ0n) is 16.8. The van der Waals surface area contributed by atoms with E-state index in [0.29, 0.717) is 12.8 Å².